The van der Waals surface area contributed by atoms with Gasteiger partial charge in [0.15, 0.2) is 0 Å². The van der Waals surface area contributed by atoms with Gasteiger partial charge >= 0.3 is 0 Å². The van der Waals surface area contributed by atoms with E-state index in [4.69, 9.17) is 5.73 Å². The number of nitrogens with zero attached hydrogens (tertiary/aromatic N) is 1. The minimum absolute atomic E-state index is 0.184. The molecule has 3 nitrogen and oxygen atoms in total. The Morgan fingerprint density at radius 2 is 2.13 bits per heavy atom. The zero-order valence-corrected chi connectivity index (χ0v) is 9.20. The molecule has 0 aliphatic carbocycles. The summed E-state index contributed by atoms with van der Waals surface area (Å²) < 4.78 is 0. The molecule has 1 aromatic carbocycles. The summed E-state index contributed by atoms with van der Waals surface area (Å²) in [6.07, 6.45) is 2.03. The predicted octanol–water partition coefficient (Wildman–Crippen LogP) is 1.95. The van der Waals surface area contributed by atoms with Crippen molar-refractivity contribution >= 4 is 16.6 Å². The van der Waals surface area contributed by atoms with Crippen molar-refractivity contribution < 1.29 is 0 Å². The highest BCUT2D eigenvalue weighted by molar-refractivity contribution is 5.92. The minimum atomic E-state index is 0.184. The van der Waals surface area contributed by atoms with E-state index >= 15 is 0 Å². The third kappa shape index (κ3) is 1.97. The maximum absolute atomic E-state index is 5.79. The van der Waals surface area contributed by atoms with Gasteiger partial charge in [0.1, 0.15) is 0 Å². The van der Waals surface area contributed by atoms with Crippen LogP contribution in [-0.2, 0) is 0 Å². The first kappa shape index (κ1) is 10.1. The molecule has 80 valence electrons. The molecular formula is C12H17N3. The first-order valence-electron chi connectivity index (χ1n) is 5.21. The number of nitrogens with two attached hydrogens (primary N) is 1. The highest BCUT2D eigenvalue weighted by Crippen LogP contribution is 2.25. The summed E-state index contributed by atoms with van der Waals surface area (Å²) in [6, 6.07) is 8.48. The molecule has 2 rings (SSSR count). The van der Waals surface area contributed by atoms with Gasteiger partial charge in [-0.1, -0.05) is 18.2 Å². The van der Waals surface area contributed by atoms with Gasteiger partial charge in [0.05, 0.1) is 5.69 Å². The zero-order chi connectivity index (χ0) is 10.8. The van der Waals surface area contributed by atoms with Crippen LogP contribution in [0.25, 0.3) is 10.9 Å². The first-order valence-corrected chi connectivity index (χ1v) is 5.21. The van der Waals surface area contributed by atoms with Crippen LogP contribution < -0.4 is 10.6 Å². The lowest BCUT2D eigenvalue weighted by Gasteiger charge is -2.20. The fraction of sp³-hybridized carbons (Fsp3) is 0.333. The van der Waals surface area contributed by atoms with Crippen molar-refractivity contribution in [2.24, 2.45) is 5.73 Å². The van der Waals surface area contributed by atoms with E-state index in [2.05, 4.69) is 35.1 Å². The second-order valence-electron chi connectivity index (χ2n) is 4.08. The maximum atomic E-state index is 5.79. The van der Waals surface area contributed by atoms with E-state index in [1.165, 1.54) is 16.6 Å². The van der Waals surface area contributed by atoms with Crippen LogP contribution in [0, 0.1) is 0 Å². The molecule has 0 saturated carbocycles. The molecule has 0 spiro atoms. The number of aromatic nitrogens is 1. The Morgan fingerprint density at radius 1 is 1.40 bits per heavy atom. The van der Waals surface area contributed by atoms with Gasteiger partial charge in [-0.15, -0.1) is 0 Å². The van der Waals surface area contributed by atoms with Crippen LogP contribution in [0.3, 0.4) is 0 Å². The highest BCUT2D eigenvalue weighted by Gasteiger charge is 2.08. The molecule has 1 heterocycles. The molecule has 0 aliphatic rings. The molecule has 1 atom stereocenters. The molecule has 1 aromatic heterocycles. The summed E-state index contributed by atoms with van der Waals surface area (Å²) >= 11 is 0. The lowest BCUT2D eigenvalue weighted by atomic mass is 10.2. The van der Waals surface area contributed by atoms with Gasteiger partial charge in [0, 0.05) is 36.7 Å². The van der Waals surface area contributed by atoms with Crippen molar-refractivity contribution in [2.75, 3.05) is 18.5 Å². The van der Waals surface area contributed by atoms with Gasteiger partial charge in [-0.25, -0.2) is 0 Å². The maximum Gasteiger partial charge on any atom is 0.0621 e. The fourth-order valence-corrected chi connectivity index (χ4v) is 1.90. The van der Waals surface area contributed by atoms with Crippen LogP contribution in [0.15, 0.2) is 30.5 Å². The Hall–Kier alpha value is -1.48. The van der Waals surface area contributed by atoms with Gasteiger partial charge in [0.25, 0.3) is 0 Å². The molecule has 0 fully saturated rings. The number of H-pyrrole nitrogens is 1. The topological polar surface area (TPSA) is 45.0 Å². The second kappa shape index (κ2) is 3.95. The van der Waals surface area contributed by atoms with Crippen molar-refractivity contribution in [2.45, 2.75) is 13.0 Å². The van der Waals surface area contributed by atoms with Gasteiger partial charge < -0.3 is 15.6 Å². The Balaban J connectivity index is 2.35. The van der Waals surface area contributed by atoms with E-state index < -0.39 is 0 Å². The summed E-state index contributed by atoms with van der Waals surface area (Å²) in [7, 11) is 2.07. The van der Waals surface area contributed by atoms with Crippen LogP contribution in [0.1, 0.15) is 6.92 Å². The molecule has 3 N–H and O–H groups in total. The van der Waals surface area contributed by atoms with Gasteiger partial charge in [-0.05, 0) is 13.0 Å². The normalized spacial score (nSPS) is 13.0. The Bertz CT molecular complexity index is 445. The monoisotopic (exact) mass is 203 g/mol. The lowest BCUT2D eigenvalue weighted by Crippen LogP contribution is -2.32. The number of benzene rings is 1. The number of rotatable bonds is 3. The summed E-state index contributed by atoms with van der Waals surface area (Å²) in [4.78, 5) is 5.44. The summed E-state index contributed by atoms with van der Waals surface area (Å²) in [6.45, 7) is 2.88. The third-order valence-corrected chi connectivity index (χ3v) is 2.54. The van der Waals surface area contributed by atoms with Crippen molar-refractivity contribution in [3.8, 4) is 0 Å². The van der Waals surface area contributed by atoms with Gasteiger partial charge in [0.2, 0.25) is 0 Å². The summed E-state index contributed by atoms with van der Waals surface area (Å²) in [5.41, 5.74) is 8.17. The molecule has 15 heavy (non-hydrogen) atoms. The number of fused-ring (bicyclic) bond motifs is 1. The first-order chi connectivity index (χ1) is 7.18. The van der Waals surface area contributed by atoms with E-state index in [0.717, 1.165) is 6.54 Å². The molecule has 0 radical (unpaired) electrons. The average molecular weight is 203 g/mol. The molecule has 0 saturated heterocycles. The average Bonchev–Trinajstić information content (AvgIpc) is 2.59. The van der Waals surface area contributed by atoms with E-state index in [1.807, 2.05) is 19.2 Å². The predicted molar refractivity (Wildman–Crippen MR) is 65.2 cm³/mol. The van der Waals surface area contributed by atoms with Crippen LogP contribution in [0.4, 0.5) is 5.69 Å². The quantitative estimate of drug-likeness (QED) is 0.801. The van der Waals surface area contributed by atoms with E-state index in [1.54, 1.807) is 0 Å². The van der Waals surface area contributed by atoms with Crippen LogP contribution in [-0.4, -0.2) is 24.6 Å². The fourth-order valence-electron chi connectivity index (χ4n) is 1.90. The number of aromatic amines is 1. The van der Waals surface area contributed by atoms with Crippen molar-refractivity contribution in [3.63, 3.8) is 0 Å². The number of hydrogen-bond acceptors (Lipinski definition) is 2. The van der Waals surface area contributed by atoms with Crippen LogP contribution >= 0.6 is 0 Å². The minimum Gasteiger partial charge on any atom is -0.371 e. The molecule has 0 aliphatic heterocycles. The number of likely N-dealkylation sites (N-methyl/N-ethyl adjacent to an activating group) is 1. The van der Waals surface area contributed by atoms with Gasteiger partial charge in [-0.2, -0.15) is 0 Å². The number of anilines is 1. The smallest absolute Gasteiger partial charge is 0.0621 e. The SMILES string of the molecule is CC(N)CN(C)c1c[nH]c2ccccc12. The number of hydrogen-bond donors (Lipinski definition) is 2. The van der Waals surface area contributed by atoms with Crippen LogP contribution in [0.2, 0.25) is 0 Å². The summed E-state index contributed by atoms with van der Waals surface area (Å²) in [5, 5.41) is 1.25. The Kier molecular flexibility index (Phi) is 2.64. The van der Waals surface area contributed by atoms with Gasteiger partial charge in [-0.3, -0.25) is 0 Å². The van der Waals surface area contributed by atoms with E-state index in [-0.39, 0.29) is 6.04 Å². The largest absolute Gasteiger partial charge is 0.371 e. The Labute approximate surface area is 89.9 Å². The number of nitrogens with one attached hydrogen (secondary N) is 1. The standard InChI is InChI=1S/C12H17N3/c1-9(13)8-15(2)12-7-14-11-6-4-3-5-10(11)12/h3-7,9,14H,8,13H2,1-2H3. The molecular weight excluding hydrogens is 186 g/mol. The molecule has 2 aromatic rings. The molecule has 0 bridgehead atoms. The highest BCUT2D eigenvalue weighted by atomic mass is 15.1. The molecule has 1 unspecified atom stereocenters. The summed E-state index contributed by atoms with van der Waals surface area (Å²) in [5.74, 6) is 0. The van der Waals surface area contributed by atoms with E-state index in [0.29, 0.717) is 0 Å². The van der Waals surface area contributed by atoms with Crippen molar-refractivity contribution in [1.82, 2.24) is 4.98 Å². The molecule has 0 amide bonds. The van der Waals surface area contributed by atoms with E-state index in [9.17, 15) is 0 Å². The molecule has 3 heteroatoms. The van der Waals surface area contributed by atoms with Crippen molar-refractivity contribution in [1.29, 1.82) is 0 Å². The lowest BCUT2D eigenvalue weighted by molar-refractivity contribution is 0.719. The van der Waals surface area contributed by atoms with Crippen molar-refractivity contribution in [3.05, 3.63) is 30.5 Å². The third-order valence-electron chi connectivity index (χ3n) is 2.54. The second-order valence-corrected chi connectivity index (χ2v) is 4.08. The number of para-hydroxylation sites is 1. The van der Waals surface area contributed by atoms with Crippen LogP contribution in [0.5, 0.6) is 0 Å². The zero-order valence-electron chi connectivity index (χ0n) is 9.20. The Morgan fingerprint density at radius 3 is 2.87 bits per heavy atom.